The predicted octanol–water partition coefficient (Wildman–Crippen LogP) is -10.5. The summed E-state index contributed by atoms with van der Waals surface area (Å²) in [4.78, 5) is 17.0. The third-order valence-electron chi connectivity index (χ3n) is 0. The molecule has 40 valence electrons. The molecule has 8 heavy (non-hydrogen) atoms. The molecule has 0 bridgehead atoms. The van der Waals surface area contributed by atoms with Crippen LogP contribution >= 0.6 is 0 Å². The van der Waals surface area contributed by atoms with Crippen molar-refractivity contribution < 1.29 is 128 Å². The molecule has 0 spiro atoms. The number of hydrogen-bond acceptors (Lipinski definition) is 3. The number of hydrogen-bond donors (Lipinski definition) is 0. The molecule has 8 heteroatoms. The van der Waals surface area contributed by atoms with E-state index in [9.17, 15) is 0 Å². The molecule has 5 nitrogen and oxygen atoms in total. The molecule has 0 aromatic heterocycles. The van der Waals surface area contributed by atoms with Gasteiger partial charge in [-0.3, -0.25) is 0 Å². The molecular weight excluding hydrogens is 186 g/mol. The summed E-state index contributed by atoms with van der Waals surface area (Å²) >= 11 is 0. The third-order valence-corrected chi connectivity index (χ3v) is 0. The van der Waals surface area contributed by atoms with Gasteiger partial charge in [-0.2, -0.15) is 0 Å². The van der Waals surface area contributed by atoms with E-state index in [4.69, 9.17) is 14.1 Å². The molecule has 0 unspecified atom stereocenters. The maximum atomic E-state index is 8.52. The van der Waals surface area contributed by atoms with E-state index in [1.807, 2.05) is 0 Å². The third kappa shape index (κ3) is 68.1. The minimum atomic E-state index is -3.63. The first-order valence-electron chi connectivity index (χ1n) is 0.612. The Morgan fingerprint density at radius 1 is 1.00 bits per heavy atom. The fourth-order valence-electron chi connectivity index (χ4n) is 0. The van der Waals surface area contributed by atoms with Crippen LogP contribution in [0.4, 0.5) is 0 Å². The second-order valence-corrected chi connectivity index (χ2v) is 0.750. The summed E-state index contributed by atoms with van der Waals surface area (Å²) in [5.74, 6) is 0. The second kappa shape index (κ2) is 22.6. The Kier molecular flexibility index (Phi) is 86.9. The molecular formula is H4K2O5Si. The van der Waals surface area contributed by atoms with Gasteiger partial charge in [-0.15, -0.1) is 0 Å². The fraction of sp³-hybridized carbons (Fsp3) is 0. The van der Waals surface area contributed by atoms with Crippen molar-refractivity contribution in [3.63, 3.8) is 0 Å². The standard InChI is InChI=1S/2K.O3Si.2H2O/c;;1-4(2)3;;/h;;;2*1H2/q2*+1;-2;;. The van der Waals surface area contributed by atoms with Gasteiger partial charge in [0.25, 0.3) is 0 Å². The Bertz CT molecular complexity index is 33.4. The van der Waals surface area contributed by atoms with Crippen molar-refractivity contribution in [1.82, 2.24) is 0 Å². The van der Waals surface area contributed by atoms with E-state index in [-0.39, 0.29) is 114 Å². The van der Waals surface area contributed by atoms with Crippen molar-refractivity contribution >= 4 is 9.17 Å². The van der Waals surface area contributed by atoms with Crippen LogP contribution in [-0.2, 0) is 4.46 Å². The summed E-state index contributed by atoms with van der Waals surface area (Å²) in [5, 5.41) is 0. The summed E-state index contributed by atoms with van der Waals surface area (Å²) in [6.45, 7) is 0. The van der Waals surface area contributed by atoms with Gasteiger partial charge in [-0.1, -0.05) is 0 Å². The van der Waals surface area contributed by atoms with Crippen LogP contribution < -0.4 is 112 Å². The van der Waals surface area contributed by atoms with Crippen molar-refractivity contribution in [3.8, 4) is 0 Å². The van der Waals surface area contributed by atoms with Crippen LogP contribution in [0.3, 0.4) is 0 Å². The minimum Gasteiger partial charge on any atom is -0.672 e. The largest absolute Gasteiger partial charge is 1.00 e. The van der Waals surface area contributed by atoms with Crippen molar-refractivity contribution in [2.75, 3.05) is 0 Å². The molecule has 0 atom stereocenters. The SMILES string of the molecule is O.O.O=[Si]([O-])[O-].[K+].[K+]. The van der Waals surface area contributed by atoms with Crippen LogP contribution in [-0.4, -0.2) is 20.1 Å². The number of rotatable bonds is 0. The Morgan fingerprint density at radius 3 is 1.00 bits per heavy atom. The molecule has 0 rings (SSSR count). The van der Waals surface area contributed by atoms with Crippen LogP contribution in [0.5, 0.6) is 0 Å². The molecule has 0 aliphatic heterocycles. The average molecular weight is 190 g/mol. The average Bonchev–Trinajstić information content (AvgIpc) is 0.811. The zero-order chi connectivity index (χ0) is 3.58. The van der Waals surface area contributed by atoms with Gasteiger partial charge in [0.05, 0.1) is 0 Å². The first-order chi connectivity index (χ1) is 1.73. The van der Waals surface area contributed by atoms with E-state index >= 15 is 0 Å². The predicted molar refractivity (Wildman–Crippen MR) is 13.7 cm³/mol. The summed E-state index contributed by atoms with van der Waals surface area (Å²) in [5.41, 5.74) is 0. The molecule has 0 aliphatic rings. The van der Waals surface area contributed by atoms with E-state index in [0.717, 1.165) is 0 Å². The maximum Gasteiger partial charge on any atom is 1.00 e. The van der Waals surface area contributed by atoms with E-state index < -0.39 is 9.17 Å². The summed E-state index contributed by atoms with van der Waals surface area (Å²) in [6, 6.07) is 0. The molecule has 0 radical (unpaired) electrons. The van der Waals surface area contributed by atoms with Crippen molar-refractivity contribution in [2.45, 2.75) is 0 Å². The van der Waals surface area contributed by atoms with Gasteiger partial charge < -0.3 is 25.0 Å². The van der Waals surface area contributed by atoms with Gasteiger partial charge in [-0.25, -0.2) is 0 Å². The van der Waals surface area contributed by atoms with Crippen LogP contribution in [0.25, 0.3) is 0 Å². The molecule has 0 aromatic rings. The molecule has 4 N–H and O–H groups in total. The first-order valence-corrected chi connectivity index (χ1v) is 1.84. The molecule has 0 saturated carbocycles. The van der Waals surface area contributed by atoms with Crippen molar-refractivity contribution in [3.05, 3.63) is 0 Å². The van der Waals surface area contributed by atoms with Gasteiger partial charge in [0, 0.05) is 9.17 Å². The maximum absolute atomic E-state index is 8.52. The second-order valence-electron chi connectivity index (χ2n) is 0.250. The fourth-order valence-corrected chi connectivity index (χ4v) is 0. The minimum absolute atomic E-state index is 0. The quantitative estimate of drug-likeness (QED) is 0.352. The van der Waals surface area contributed by atoms with Gasteiger partial charge in [0.2, 0.25) is 0 Å². The van der Waals surface area contributed by atoms with Crippen LogP contribution in [0, 0.1) is 0 Å². The van der Waals surface area contributed by atoms with E-state index in [2.05, 4.69) is 0 Å². The molecule has 0 aromatic carbocycles. The van der Waals surface area contributed by atoms with Gasteiger partial charge in [-0.05, 0) is 0 Å². The monoisotopic (exact) mass is 190 g/mol. The zero-order valence-corrected chi connectivity index (χ0v) is 12.0. The molecule has 0 heterocycles. The molecule has 0 saturated heterocycles. The van der Waals surface area contributed by atoms with Crippen molar-refractivity contribution in [2.24, 2.45) is 0 Å². The normalized spacial score (nSPS) is 3.00. The van der Waals surface area contributed by atoms with E-state index in [1.165, 1.54) is 0 Å². The van der Waals surface area contributed by atoms with Gasteiger partial charge >= 0.3 is 103 Å². The van der Waals surface area contributed by atoms with Crippen LogP contribution in [0.15, 0.2) is 0 Å². The van der Waals surface area contributed by atoms with Gasteiger partial charge in [0.15, 0.2) is 0 Å². The summed E-state index contributed by atoms with van der Waals surface area (Å²) < 4.78 is 8.52. The Hall–Kier alpha value is 2.81. The molecule has 0 aliphatic carbocycles. The summed E-state index contributed by atoms with van der Waals surface area (Å²) in [7, 11) is -3.63. The van der Waals surface area contributed by atoms with Crippen LogP contribution in [0.2, 0.25) is 0 Å². The zero-order valence-electron chi connectivity index (χ0n) is 4.72. The smallest absolute Gasteiger partial charge is 0.672 e. The Labute approximate surface area is 133 Å². The molecule has 0 fully saturated rings. The first kappa shape index (κ1) is 30.8. The van der Waals surface area contributed by atoms with Gasteiger partial charge in [0.1, 0.15) is 0 Å². The Balaban J connectivity index is -0.00000000750. The Morgan fingerprint density at radius 2 is 1.00 bits per heavy atom. The molecule has 0 amide bonds. The van der Waals surface area contributed by atoms with Crippen LogP contribution in [0.1, 0.15) is 0 Å². The van der Waals surface area contributed by atoms with Crippen molar-refractivity contribution in [1.29, 1.82) is 0 Å². The van der Waals surface area contributed by atoms with E-state index in [0.29, 0.717) is 0 Å². The summed E-state index contributed by atoms with van der Waals surface area (Å²) in [6.07, 6.45) is 0. The van der Waals surface area contributed by atoms with E-state index in [1.54, 1.807) is 0 Å². The topological polar surface area (TPSA) is 126 Å².